The number of aryl methyl sites for hydroxylation is 3. The Labute approximate surface area is 188 Å². The van der Waals surface area contributed by atoms with Gasteiger partial charge in [0.2, 0.25) is 11.8 Å². The second kappa shape index (κ2) is 8.84. The van der Waals surface area contributed by atoms with E-state index in [9.17, 15) is 14.4 Å². The average molecular weight is 457 g/mol. The van der Waals surface area contributed by atoms with Crippen molar-refractivity contribution in [1.29, 1.82) is 0 Å². The molecule has 9 heteroatoms. The number of benzene rings is 1. The fourth-order valence-electron chi connectivity index (χ4n) is 3.54. The van der Waals surface area contributed by atoms with Crippen molar-refractivity contribution < 1.29 is 9.59 Å². The molecule has 2 amide bonds. The second-order valence-electron chi connectivity index (χ2n) is 7.69. The summed E-state index contributed by atoms with van der Waals surface area (Å²) in [7, 11) is 0. The van der Waals surface area contributed by atoms with Gasteiger partial charge in [0.1, 0.15) is 10.7 Å². The molecule has 0 saturated carbocycles. The van der Waals surface area contributed by atoms with Crippen LogP contribution in [0.25, 0.3) is 10.2 Å². The van der Waals surface area contributed by atoms with Gasteiger partial charge in [0, 0.05) is 22.7 Å². The smallest absolute Gasteiger partial charge is 0.259 e. The fourth-order valence-corrected chi connectivity index (χ4v) is 5.35. The monoisotopic (exact) mass is 456 g/mol. The Bertz CT molecular complexity index is 1230. The Morgan fingerprint density at radius 3 is 2.90 bits per heavy atom. The lowest BCUT2D eigenvalue weighted by Gasteiger charge is -2.14. The molecule has 0 aliphatic carbocycles. The van der Waals surface area contributed by atoms with Crippen molar-refractivity contribution in [3.63, 3.8) is 0 Å². The molecule has 1 unspecified atom stereocenters. The highest BCUT2D eigenvalue weighted by Crippen LogP contribution is 2.28. The topological polar surface area (TPSA) is 104 Å². The van der Waals surface area contributed by atoms with E-state index in [1.54, 1.807) is 6.07 Å². The molecular weight excluding hydrogens is 432 g/mol. The van der Waals surface area contributed by atoms with E-state index in [-0.39, 0.29) is 22.6 Å². The number of thioether (sulfide) groups is 1. The summed E-state index contributed by atoms with van der Waals surface area (Å²) in [6.07, 6.45) is 2.10. The first-order valence-corrected chi connectivity index (χ1v) is 12.0. The van der Waals surface area contributed by atoms with Crippen molar-refractivity contribution in [2.24, 2.45) is 0 Å². The minimum Gasteiger partial charge on any atom is -0.326 e. The first-order valence-electron chi connectivity index (χ1n) is 10.2. The third-order valence-corrected chi connectivity index (χ3v) is 7.68. The zero-order valence-corrected chi connectivity index (χ0v) is 19.3. The lowest BCUT2D eigenvalue weighted by Crippen LogP contribution is -2.23. The van der Waals surface area contributed by atoms with Crippen LogP contribution in [0, 0.1) is 13.8 Å². The Morgan fingerprint density at radius 1 is 1.29 bits per heavy atom. The number of aromatic nitrogens is 2. The van der Waals surface area contributed by atoms with E-state index in [0.29, 0.717) is 29.1 Å². The van der Waals surface area contributed by atoms with Crippen LogP contribution in [0.3, 0.4) is 0 Å². The molecule has 0 spiro atoms. The van der Waals surface area contributed by atoms with Crippen molar-refractivity contribution in [3.8, 4) is 0 Å². The number of aromatic amines is 1. The summed E-state index contributed by atoms with van der Waals surface area (Å²) < 4.78 is 0. The molecule has 4 rings (SSSR count). The van der Waals surface area contributed by atoms with Crippen LogP contribution in [0.4, 0.5) is 11.4 Å². The van der Waals surface area contributed by atoms with Gasteiger partial charge in [-0.1, -0.05) is 0 Å². The number of amides is 2. The Hall–Kier alpha value is -2.65. The lowest BCUT2D eigenvalue weighted by molar-refractivity contribution is -0.116. The van der Waals surface area contributed by atoms with E-state index in [0.717, 1.165) is 39.4 Å². The number of carbonyl (C=O) groups excluding carboxylic acids is 2. The number of fused-ring (bicyclic) bond motifs is 2. The number of nitrogens with zero attached hydrogens (tertiary/aromatic N) is 1. The molecule has 3 heterocycles. The Balaban J connectivity index is 1.40. The Kier molecular flexibility index (Phi) is 6.15. The average Bonchev–Trinajstić information content (AvgIpc) is 2.89. The van der Waals surface area contributed by atoms with E-state index in [4.69, 9.17) is 0 Å². The number of rotatable bonds is 5. The normalized spacial score (nSPS) is 14.6. The van der Waals surface area contributed by atoms with Crippen LogP contribution in [0.1, 0.15) is 41.6 Å². The number of H-pyrrole nitrogens is 1. The molecule has 31 heavy (non-hydrogen) atoms. The Morgan fingerprint density at radius 2 is 2.10 bits per heavy atom. The van der Waals surface area contributed by atoms with Crippen molar-refractivity contribution in [1.82, 2.24) is 9.97 Å². The second-order valence-corrected chi connectivity index (χ2v) is 10.2. The molecule has 0 bridgehead atoms. The number of anilines is 2. The molecule has 7 nitrogen and oxygen atoms in total. The van der Waals surface area contributed by atoms with Crippen molar-refractivity contribution in [2.45, 2.75) is 51.0 Å². The summed E-state index contributed by atoms with van der Waals surface area (Å²) in [6.45, 7) is 5.75. The van der Waals surface area contributed by atoms with Gasteiger partial charge < -0.3 is 15.6 Å². The number of hydrogen-bond acceptors (Lipinski definition) is 6. The van der Waals surface area contributed by atoms with E-state index >= 15 is 0 Å². The molecule has 162 valence electrons. The van der Waals surface area contributed by atoms with Crippen LogP contribution in [0.2, 0.25) is 0 Å². The largest absolute Gasteiger partial charge is 0.326 e. The number of carbonyl (C=O) groups is 2. The highest BCUT2D eigenvalue weighted by Gasteiger charge is 2.18. The van der Waals surface area contributed by atoms with Crippen LogP contribution < -0.4 is 16.2 Å². The van der Waals surface area contributed by atoms with Gasteiger partial charge >= 0.3 is 0 Å². The van der Waals surface area contributed by atoms with Gasteiger partial charge in [-0.3, -0.25) is 14.4 Å². The highest BCUT2D eigenvalue weighted by molar-refractivity contribution is 7.99. The zero-order valence-electron chi connectivity index (χ0n) is 17.6. The van der Waals surface area contributed by atoms with Crippen LogP contribution >= 0.6 is 23.1 Å². The zero-order chi connectivity index (χ0) is 22.1. The SMILES string of the molecule is Cc1sc2nc(CSC(C)C(=O)Nc3ccc4c(c3)CCCC(=O)N4)[nH]c(=O)c2c1C. The molecule has 3 N–H and O–H groups in total. The lowest BCUT2D eigenvalue weighted by atomic mass is 10.1. The summed E-state index contributed by atoms with van der Waals surface area (Å²) in [5, 5.41) is 6.17. The molecule has 0 radical (unpaired) electrons. The number of thiophene rings is 1. The van der Waals surface area contributed by atoms with Gasteiger partial charge in [-0.25, -0.2) is 4.98 Å². The molecule has 0 saturated heterocycles. The molecule has 1 atom stereocenters. The third kappa shape index (κ3) is 4.67. The van der Waals surface area contributed by atoms with E-state index in [2.05, 4.69) is 20.6 Å². The maximum atomic E-state index is 12.7. The first-order chi connectivity index (χ1) is 14.8. The van der Waals surface area contributed by atoms with E-state index in [1.807, 2.05) is 32.9 Å². The quantitative estimate of drug-likeness (QED) is 0.535. The summed E-state index contributed by atoms with van der Waals surface area (Å²) in [5.41, 5.74) is 3.40. The summed E-state index contributed by atoms with van der Waals surface area (Å²) in [5.74, 6) is 0.919. The van der Waals surface area contributed by atoms with Gasteiger partial charge in [0.25, 0.3) is 5.56 Å². The van der Waals surface area contributed by atoms with Crippen molar-refractivity contribution in [2.75, 3.05) is 10.6 Å². The molecule has 1 aliphatic heterocycles. The molecule has 3 aromatic rings. The van der Waals surface area contributed by atoms with Gasteiger partial charge in [-0.2, -0.15) is 0 Å². The van der Waals surface area contributed by atoms with Crippen LogP contribution in [-0.4, -0.2) is 27.0 Å². The molecule has 0 fully saturated rings. The van der Waals surface area contributed by atoms with Gasteiger partial charge in [-0.15, -0.1) is 23.1 Å². The standard InChI is InChI=1S/C22H24N4O3S2/c1-11-12(2)31-22-19(11)21(29)25-17(26-22)10-30-13(3)20(28)23-15-7-8-16-14(9-15)5-4-6-18(27)24-16/h7-9,13H,4-6,10H2,1-3H3,(H,23,28)(H,24,27)(H,25,26,29). The first kappa shape index (κ1) is 21.6. The van der Waals surface area contributed by atoms with Crippen LogP contribution in [0.5, 0.6) is 0 Å². The van der Waals surface area contributed by atoms with Crippen molar-refractivity contribution in [3.05, 3.63) is 50.4 Å². The molecular formula is C22H24N4O3S2. The molecule has 2 aromatic heterocycles. The minimum atomic E-state index is -0.327. The van der Waals surface area contributed by atoms with Gasteiger partial charge in [0.05, 0.1) is 16.4 Å². The predicted octanol–water partition coefficient (Wildman–Crippen LogP) is 4.14. The number of nitrogens with one attached hydrogen (secondary N) is 3. The molecule has 1 aliphatic rings. The maximum absolute atomic E-state index is 12.7. The summed E-state index contributed by atoms with van der Waals surface area (Å²) in [4.78, 5) is 46.0. The van der Waals surface area contributed by atoms with Crippen LogP contribution in [-0.2, 0) is 21.8 Å². The summed E-state index contributed by atoms with van der Waals surface area (Å²) in [6, 6.07) is 5.56. The highest BCUT2D eigenvalue weighted by atomic mass is 32.2. The summed E-state index contributed by atoms with van der Waals surface area (Å²) >= 11 is 2.94. The van der Waals surface area contributed by atoms with E-state index in [1.165, 1.54) is 23.1 Å². The van der Waals surface area contributed by atoms with Crippen molar-refractivity contribution >= 4 is 56.5 Å². The third-order valence-electron chi connectivity index (χ3n) is 5.42. The fraction of sp³-hybridized carbons (Fsp3) is 0.364. The van der Waals surface area contributed by atoms with Gasteiger partial charge in [0.15, 0.2) is 0 Å². The van der Waals surface area contributed by atoms with Crippen LogP contribution in [0.15, 0.2) is 23.0 Å². The van der Waals surface area contributed by atoms with Gasteiger partial charge in [-0.05, 0) is 62.9 Å². The molecule has 1 aromatic carbocycles. The number of hydrogen-bond donors (Lipinski definition) is 3. The predicted molar refractivity (Wildman–Crippen MR) is 127 cm³/mol. The maximum Gasteiger partial charge on any atom is 0.259 e. The van der Waals surface area contributed by atoms with E-state index < -0.39 is 0 Å². The minimum absolute atomic E-state index is 0.0262.